The molecule has 0 fully saturated rings. The first-order valence-corrected chi connectivity index (χ1v) is 40.8. The Hall–Kier alpha value is 3.61. The van der Waals surface area contributed by atoms with Crippen LogP contribution in [0.1, 0.15) is 161 Å². The van der Waals surface area contributed by atoms with Crippen LogP contribution in [0.25, 0.3) is 47.0 Å². The summed E-state index contributed by atoms with van der Waals surface area (Å²) in [4.78, 5) is 87.3. The number of furan rings is 1. The number of hydrogen-bond donors (Lipinski definition) is 1. The zero-order valence-corrected chi connectivity index (χ0v) is 103. The van der Waals surface area contributed by atoms with Crippen LogP contribution >= 0.6 is 69.7 Å². The summed E-state index contributed by atoms with van der Waals surface area (Å²) in [5.41, 5.74) is 13.1. The van der Waals surface area contributed by atoms with Gasteiger partial charge in [-0.3, -0.25) is 81.5 Å². The van der Waals surface area contributed by atoms with Crippen molar-refractivity contribution < 1.29 is 473 Å². The van der Waals surface area contributed by atoms with Crippen LogP contribution in [0.3, 0.4) is 0 Å². The van der Waals surface area contributed by atoms with E-state index in [-0.39, 0.29) is 484 Å². The van der Waals surface area contributed by atoms with Crippen LogP contribution in [0, 0.1) is 69.0 Å². The average molecular weight is 1930 g/mol. The molecule has 120 heavy (non-hydrogen) atoms. The maximum Gasteiger partial charge on any atom is 1.00 e. The number of aryl methyl sites for hydroxylation is 2. The fourth-order valence-electron chi connectivity index (χ4n) is 9.88. The topological polar surface area (TPSA) is 225 Å². The molecule has 5 heterocycles. The van der Waals surface area contributed by atoms with Crippen molar-refractivity contribution >= 4 is 148 Å². The average Bonchev–Trinajstić information content (AvgIpc) is 1.64. The summed E-state index contributed by atoms with van der Waals surface area (Å²) < 4.78 is 39.8. The number of benzene rings is 6. The number of esters is 6. The fourth-order valence-corrected chi connectivity index (χ4v) is 16.2. The van der Waals surface area contributed by atoms with Gasteiger partial charge < -0.3 is 62.1 Å². The molecule has 588 valence electrons. The van der Waals surface area contributed by atoms with Gasteiger partial charge in [0.2, 0.25) is 5.13 Å². The third-order valence-electron chi connectivity index (χ3n) is 16.1. The van der Waals surface area contributed by atoms with E-state index >= 15 is 0 Å². The van der Waals surface area contributed by atoms with Crippen LogP contribution < -0.4 is 417 Å². The second-order valence-corrected chi connectivity index (χ2v) is 36.0. The Balaban J connectivity index is 0.00000157. The second kappa shape index (κ2) is 61.6. The Kier molecular flexibility index (Phi) is 63.4. The number of hydrazone groups is 1. The van der Waals surface area contributed by atoms with Gasteiger partial charge in [0.15, 0.2) is 11.3 Å². The zero-order chi connectivity index (χ0) is 81.5. The van der Waals surface area contributed by atoms with E-state index < -0.39 is 35.8 Å². The number of thioether (sulfide) groups is 4. The minimum absolute atomic E-state index is 0. The number of carbonyl (C=O) groups excluding carboxylic acids is 6. The molecule has 0 radical (unpaired) electrons. The van der Waals surface area contributed by atoms with Crippen LogP contribution in [0.5, 0.6) is 0 Å². The van der Waals surface area contributed by atoms with Crippen LogP contribution in [0.4, 0.5) is 5.13 Å². The SMILES string of the molecule is C=CC(=O)OCCCCOC(=O)C(C(=O)OCCCCOC(=O)C=C)=C1Sc2[c-]cc(C(C)(C)C)[c-]c2S1.CC(C)(C)c1[c-]cc(/C=N/Nc2nc3ccccc3s2)[c-]c1.Cc1cc(C)c2cc(-c3nc4[c-]c(C(C)(C)C)c[c-]c4s3)oc2c1.[C-]#[N+]/C(C(=O)OCCCCOC(=O)C=C)=C1\Sc2[c-]cc(C(C)(C)C)[c-]c2S1.[K+].[K+].[K+].[K+].[K+].[K+].[K+].[K+]. The molecule has 0 spiro atoms. The van der Waals surface area contributed by atoms with Crippen molar-refractivity contribution in [1.29, 1.82) is 0 Å². The molecule has 2 aliphatic rings. The van der Waals surface area contributed by atoms with Crippen LogP contribution in [-0.2, 0) is 78.8 Å². The van der Waals surface area contributed by atoms with Crippen LogP contribution in [-0.4, -0.2) is 91.6 Å². The van der Waals surface area contributed by atoms with Gasteiger partial charge in [0.1, 0.15) is 10.6 Å². The summed E-state index contributed by atoms with van der Waals surface area (Å²) in [5, 5.41) is 7.04. The first kappa shape index (κ1) is 124. The van der Waals surface area contributed by atoms with E-state index in [1.54, 1.807) is 28.9 Å². The third-order valence-corrected chi connectivity index (χ3v) is 22.9. The molecule has 11 rings (SSSR count). The molecule has 6 aromatic carbocycles. The Labute approximate surface area is 1070 Å². The van der Waals surface area contributed by atoms with Crippen molar-refractivity contribution in [2.45, 2.75) is 177 Å². The Morgan fingerprint density at radius 2 is 0.958 bits per heavy atom. The summed E-state index contributed by atoms with van der Waals surface area (Å²) in [6, 6.07) is 50.5. The van der Waals surface area contributed by atoms with Crippen LogP contribution in [0.15, 0.2) is 160 Å². The van der Waals surface area contributed by atoms with Gasteiger partial charge in [-0.05, 0) is 87.8 Å². The van der Waals surface area contributed by atoms with E-state index in [0.29, 0.717) is 47.0 Å². The minimum Gasteiger partial charge on any atom is -0.471 e. The van der Waals surface area contributed by atoms with Crippen molar-refractivity contribution in [3.8, 4) is 10.8 Å². The number of unbranched alkanes of at least 4 members (excludes halogenated alkanes) is 3. The third kappa shape index (κ3) is 40.7. The molecular weight excluding hydrogens is 1840 g/mol. The summed E-state index contributed by atoms with van der Waals surface area (Å²) in [5.74, 6) is -2.93. The summed E-state index contributed by atoms with van der Waals surface area (Å²) in [6.07, 6.45) is 7.92. The van der Waals surface area contributed by atoms with E-state index in [0.717, 1.165) is 113 Å². The monoisotopic (exact) mass is 1930 g/mol. The molecule has 0 unspecified atom stereocenters. The molecule has 32 heteroatoms. The molecule has 0 bridgehead atoms. The summed E-state index contributed by atoms with van der Waals surface area (Å²) >= 11 is 8.39. The normalized spacial score (nSPS) is 12.0. The number of ether oxygens (including phenoxy) is 6. The smallest absolute Gasteiger partial charge is 0.471 e. The van der Waals surface area contributed by atoms with Crippen molar-refractivity contribution in [2.75, 3.05) is 45.1 Å². The van der Waals surface area contributed by atoms with Crippen molar-refractivity contribution in [2.24, 2.45) is 5.10 Å². The number of carbonyl (C=O) groups is 6. The van der Waals surface area contributed by atoms with E-state index in [9.17, 15) is 28.8 Å². The maximum absolute atomic E-state index is 13.0. The molecular formula is C88H89K8N5O13S6. The summed E-state index contributed by atoms with van der Waals surface area (Å²) in [6.45, 7) is 47.9. The van der Waals surface area contributed by atoms with Gasteiger partial charge in [-0.15, -0.1) is 5.52 Å². The second-order valence-electron chi connectivity index (χ2n) is 29.4. The molecule has 0 aliphatic carbocycles. The molecule has 2 aliphatic heterocycles. The standard InChI is InChI=1S/C28H32O8S2.C21H21NO4S2.C21H19NOS.C18H17N3S.8K/c1-6-22(29)33-14-8-10-16-35-25(31)24(26(32)36-17-11-9-15-34-23(30)7-2)27-37-20-13-12-19(28(3,4)5)18-21(20)38-27;1-6-17(23)25-11-7-8-12-26-19(24)18(22-5)20-27-15-10-9-14(21(2,3)4)13-16(15)28-20;1-12-8-13(2)15-11-18(23-17(15)9-12)20-22-16-10-14(21(3,4)5)6-7-19(16)24-20;1-18(2,3)14-10-8-13(9-11-14)12-19-21-17-20-15-6-4-5-7-16(15)22-17;;;;;;;;/h6-7,12H,1-2,8-11,14-17H2,3-5H3;6,9H,1,7-8,11-12H2,2-4H3;6,8-9,11H,1-5H3;4-8,11-12H,1-3H3,(H,20,21);;;;;;;;/q4*-2;8*+1/b;20-18+;;19-12+;;;;;;;;. The molecule has 3 aromatic heterocycles. The Bertz CT molecular complexity index is 5010. The predicted molar refractivity (Wildman–Crippen MR) is 448 cm³/mol. The van der Waals surface area contributed by atoms with E-state index in [1.165, 1.54) is 58.2 Å². The first-order valence-electron chi connectivity index (χ1n) is 35.9. The number of nitrogens with zero attached hydrogens (tertiary/aromatic N) is 4. The number of aromatic nitrogens is 2. The number of anilines is 1. The first-order chi connectivity index (χ1) is 53.1. The van der Waals surface area contributed by atoms with Gasteiger partial charge in [0.25, 0.3) is 5.70 Å². The van der Waals surface area contributed by atoms with Crippen molar-refractivity contribution in [3.05, 3.63) is 229 Å². The van der Waals surface area contributed by atoms with Crippen molar-refractivity contribution in [3.63, 3.8) is 0 Å². The minimum atomic E-state index is -0.795. The number of fused-ring (bicyclic) bond motifs is 5. The quantitative estimate of drug-likeness (QED) is 0.00572. The molecule has 0 saturated heterocycles. The maximum atomic E-state index is 13.0. The predicted octanol–water partition coefficient (Wildman–Crippen LogP) is -3.08. The zero-order valence-electron chi connectivity index (χ0n) is 73.4. The van der Waals surface area contributed by atoms with Gasteiger partial charge in [0.05, 0.1) is 56.4 Å². The Morgan fingerprint density at radius 1 is 0.517 bits per heavy atom. The van der Waals surface area contributed by atoms with Crippen molar-refractivity contribution in [1.82, 2.24) is 9.97 Å². The molecule has 0 saturated carbocycles. The molecule has 0 amide bonds. The summed E-state index contributed by atoms with van der Waals surface area (Å²) in [7, 11) is 0. The largest absolute Gasteiger partial charge is 1.00 e. The van der Waals surface area contributed by atoms with E-state index in [4.69, 9.17) is 44.4 Å². The van der Waals surface area contributed by atoms with Gasteiger partial charge in [-0.1, -0.05) is 160 Å². The molecule has 0 atom stereocenters. The Morgan fingerprint density at radius 3 is 1.43 bits per heavy atom. The van der Waals surface area contributed by atoms with E-state index in [1.807, 2.05) is 48.5 Å². The van der Waals surface area contributed by atoms with E-state index in [2.05, 4.69) is 210 Å². The van der Waals surface area contributed by atoms with Crippen LogP contribution in [0.2, 0.25) is 0 Å². The van der Waals surface area contributed by atoms with Gasteiger partial charge in [0, 0.05) is 32.1 Å². The van der Waals surface area contributed by atoms with Gasteiger partial charge in [-0.2, -0.15) is 61.5 Å². The number of hydrogen-bond acceptors (Lipinski definition) is 23. The number of para-hydroxylation sites is 1. The number of thiazole rings is 2. The fraction of sp³-hybridized carbons (Fsp3) is 0.341. The molecule has 9 aromatic rings. The molecule has 1 N–H and O–H groups in total. The van der Waals surface area contributed by atoms with Gasteiger partial charge >= 0.3 is 447 Å². The van der Waals surface area contributed by atoms with Gasteiger partial charge in [-0.25, -0.2) is 71.2 Å². The molecule has 18 nitrogen and oxygen atoms in total. The number of nitrogens with one attached hydrogen (secondary N) is 1. The number of rotatable bonds is 25.